The number of anilines is 2. The third-order valence-corrected chi connectivity index (χ3v) is 1.76. The second-order valence-electron chi connectivity index (χ2n) is 3.10. The van der Waals surface area contributed by atoms with E-state index < -0.39 is 0 Å². The summed E-state index contributed by atoms with van der Waals surface area (Å²) in [6, 6.07) is 5.92. The molecule has 1 heterocycles. The minimum Gasteiger partial charge on any atom is -0.381 e. The molecule has 0 aliphatic heterocycles. The molecule has 0 spiro atoms. The second-order valence-corrected chi connectivity index (χ2v) is 3.10. The molecule has 0 fully saturated rings. The normalized spacial score (nSPS) is 9.21. The van der Waals surface area contributed by atoms with E-state index in [1.165, 1.54) is 0 Å². The largest absolute Gasteiger partial charge is 0.381 e. The maximum absolute atomic E-state index is 8.41. The van der Waals surface area contributed by atoms with E-state index in [-0.39, 0.29) is 0 Å². The van der Waals surface area contributed by atoms with Crippen molar-refractivity contribution in [3.05, 3.63) is 18.3 Å². The summed E-state index contributed by atoms with van der Waals surface area (Å²) in [6.45, 7) is 0.656. The number of hydrogen-bond acceptors (Lipinski definition) is 4. The van der Waals surface area contributed by atoms with Gasteiger partial charge in [0, 0.05) is 26.8 Å². The van der Waals surface area contributed by atoms with Gasteiger partial charge in [-0.1, -0.05) is 0 Å². The Bertz CT molecular complexity index is 327. The molecule has 14 heavy (non-hydrogen) atoms. The molecule has 0 aromatic carbocycles. The van der Waals surface area contributed by atoms with E-state index in [1.807, 2.05) is 31.1 Å². The van der Waals surface area contributed by atoms with Crippen LogP contribution >= 0.6 is 0 Å². The van der Waals surface area contributed by atoms with E-state index in [4.69, 9.17) is 5.26 Å². The van der Waals surface area contributed by atoms with Crippen LogP contribution in [-0.4, -0.2) is 25.6 Å². The quantitative estimate of drug-likeness (QED) is 0.730. The summed E-state index contributed by atoms with van der Waals surface area (Å²) < 4.78 is 0. The van der Waals surface area contributed by atoms with Gasteiger partial charge in [-0.25, -0.2) is 4.98 Å². The molecule has 4 heteroatoms. The van der Waals surface area contributed by atoms with Gasteiger partial charge < -0.3 is 10.2 Å². The topological polar surface area (TPSA) is 52.0 Å². The lowest BCUT2D eigenvalue weighted by Crippen LogP contribution is -2.14. The molecule has 1 rings (SSSR count). The zero-order valence-corrected chi connectivity index (χ0v) is 8.49. The van der Waals surface area contributed by atoms with Crippen molar-refractivity contribution in [3.63, 3.8) is 0 Å². The van der Waals surface area contributed by atoms with Crippen molar-refractivity contribution in [1.82, 2.24) is 4.98 Å². The van der Waals surface area contributed by atoms with Crippen LogP contribution in [0.25, 0.3) is 0 Å². The van der Waals surface area contributed by atoms with Crippen LogP contribution in [0.1, 0.15) is 6.42 Å². The Kier molecular flexibility index (Phi) is 3.74. The second kappa shape index (κ2) is 5.07. The standard InChI is InChI=1S/C10H14N4/c1-14(2)10-9(5-3-7-13-10)12-8-4-6-11/h3,5,7,12H,4,8H2,1-2H3. The predicted molar refractivity (Wildman–Crippen MR) is 57.3 cm³/mol. The molecular weight excluding hydrogens is 176 g/mol. The van der Waals surface area contributed by atoms with Crippen LogP contribution in [0.2, 0.25) is 0 Å². The number of rotatable bonds is 4. The molecule has 0 aliphatic carbocycles. The van der Waals surface area contributed by atoms with Crippen molar-refractivity contribution in [3.8, 4) is 6.07 Å². The Labute approximate surface area is 84.2 Å². The summed E-state index contributed by atoms with van der Waals surface area (Å²) in [4.78, 5) is 6.18. The van der Waals surface area contributed by atoms with Crippen LogP contribution < -0.4 is 10.2 Å². The van der Waals surface area contributed by atoms with Gasteiger partial charge in [-0.15, -0.1) is 0 Å². The van der Waals surface area contributed by atoms with Gasteiger partial charge in [0.25, 0.3) is 0 Å². The summed E-state index contributed by atoms with van der Waals surface area (Å²) in [5, 5.41) is 11.6. The summed E-state index contributed by atoms with van der Waals surface area (Å²) in [7, 11) is 3.88. The van der Waals surface area contributed by atoms with Crippen LogP contribution in [0.3, 0.4) is 0 Å². The lowest BCUT2D eigenvalue weighted by molar-refractivity contribution is 1.03. The molecule has 0 bridgehead atoms. The monoisotopic (exact) mass is 190 g/mol. The van der Waals surface area contributed by atoms with Gasteiger partial charge in [0.05, 0.1) is 18.2 Å². The molecule has 0 unspecified atom stereocenters. The Morgan fingerprint density at radius 1 is 1.57 bits per heavy atom. The van der Waals surface area contributed by atoms with Crippen LogP contribution in [0, 0.1) is 11.3 Å². The fraction of sp³-hybridized carbons (Fsp3) is 0.400. The Balaban J connectivity index is 2.70. The van der Waals surface area contributed by atoms with E-state index in [9.17, 15) is 0 Å². The van der Waals surface area contributed by atoms with Gasteiger partial charge in [0.15, 0.2) is 5.82 Å². The molecule has 0 amide bonds. The Morgan fingerprint density at radius 3 is 3.00 bits per heavy atom. The number of nitriles is 1. The smallest absolute Gasteiger partial charge is 0.151 e. The maximum Gasteiger partial charge on any atom is 0.151 e. The molecule has 74 valence electrons. The zero-order valence-electron chi connectivity index (χ0n) is 8.49. The van der Waals surface area contributed by atoms with Gasteiger partial charge in [-0.3, -0.25) is 0 Å². The highest BCUT2D eigenvalue weighted by atomic mass is 15.2. The average molecular weight is 190 g/mol. The minimum absolute atomic E-state index is 0.502. The molecule has 1 N–H and O–H groups in total. The molecule has 1 aromatic rings. The van der Waals surface area contributed by atoms with Gasteiger partial charge in [-0.05, 0) is 12.1 Å². The first-order valence-corrected chi connectivity index (χ1v) is 4.49. The number of aromatic nitrogens is 1. The predicted octanol–water partition coefficient (Wildman–Crippen LogP) is 1.47. The van der Waals surface area contributed by atoms with Gasteiger partial charge >= 0.3 is 0 Å². The third-order valence-electron chi connectivity index (χ3n) is 1.76. The molecule has 4 nitrogen and oxygen atoms in total. The van der Waals surface area contributed by atoms with E-state index in [0.29, 0.717) is 13.0 Å². The van der Waals surface area contributed by atoms with Crippen LogP contribution in [0.15, 0.2) is 18.3 Å². The van der Waals surface area contributed by atoms with Crippen LogP contribution in [-0.2, 0) is 0 Å². The summed E-state index contributed by atoms with van der Waals surface area (Å²) in [5.74, 6) is 0.894. The lowest BCUT2D eigenvalue weighted by atomic mass is 10.3. The molecular formula is C10H14N4. The Morgan fingerprint density at radius 2 is 2.36 bits per heavy atom. The fourth-order valence-corrected chi connectivity index (χ4v) is 1.14. The summed E-state index contributed by atoms with van der Waals surface area (Å²) >= 11 is 0. The van der Waals surface area contributed by atoms with E-state index in [1.54, 1.807) is 6.20 Å². The molecule has 1 aromatic heterocycles. The maximum atomic E-state index is 8.41. The SMILES string of the molecule is CN(C)c1ncccc1NCCC#N. The van der Waals surface area contributed by atoms with Crippen molar-refractivity contribution >= 4 is 11.5 Å². The van der Waals surface area contributed by atoms with Crippen molar-refractivity contribution < 1.29 is 0 Å². The van der Waals surface area contributed by atoms with Gasteiger partial charge in [0.2, 0.25) is 0 Å². The van der Waals surface area contributed by atoms with Crippen LogP contribution in [0.4, 0.5) is 11.5 Å². The number of pyridine rings is 1. The Hall–Kier alpha value is -1.76. The first-order chi connectivity index (χ1) is 6.75. The highest BCUT2D eigenvalue weighted by molar-refractivity contribution is 5.64. The minimum atomic E-state index is 0.502. The van der Waals surface area contributed by atoms with E-state index in [2.05, 4.69) is 16.4 Å². The molecule has 0 radical (unpaired) electrons. The number of hydrogen-bond donors (Lipinski definition) is 1. The van der Waals surface area contributed by atoms with E-state index >= 15 is 0 Å². The average Bonchev–Trinajstić information content (AvgIpc) is 2.19. The number of nitrogens with one attached hydrogen (secondary N) is 1. The van der Waals surface area contributed by atoms with Gasteiger partial charge in [-0.2, -0.15) is 5.26 Å². The summed E-state index contributed by atoms with van der Waals surface area (Å²) in [5.41, 5.74) is 0.966. The molecule has 0 saturated heterocycles. The van der Waals surface area contributed by atoms with Gasteiger partial charge in [0.1, 0.15) is 0 Å². The first-order valence-electron chi connectivity index (χ1n) is 4.49. The highest BCUT2D eigenvalue weighted by Crippen LogP contribution is 2.19. The van der Waals surface area contributed by atoms with Crippen molar-refractivity contribution in [2.45, 2.75) is 6.42 Å². The molecule has 0 atom stereocenters. The van der Waals surface area contributed by atoms with Crippen LogP contribution in [0.5, 0.6) is 0 Å². The van der Waals surface area contributed by atoms with E-state index in [0.717, 1.165) is 11.5 Å². The molecule has 0 saturated carbocycles. The summed E-state index contributed by atoms with van der Waals surface area (Å²) in [6.07, 6.45) is 2.26. The number of nitrogens with zero attached hydrogens (tertiary/aromatic N) is 3. The third kappa shape index (κ3) is 2.63. The van der Waals surface area contributed by atoms with Crippen molar-refractivity contribution in [1.29, 1.82) is 5.26 Å². The fourth-order valence-electron chi connectivity index (χ4n) is 1.14. The van der Waals surface area contributed by atoms with Crippen molar-refractivity contribution in [2.24, 2.45) is 0 Å². The highest BCUT2D eigenvalue weighted by Gasteiger charge is 2.03. The molecule has 0 aliphatic rings. The lowest BCUT2D eigenvalue weighted by Gasteiger charge is -2.16. The first kappa shape index (κ1) is 10.3. The van der Waals surface area contributed by atoms with Crippen molar-refractivity contribution in [2.75, 3.05) is 30.9 Å². The zero-order chi connectivity index (χ0) is 10.4.